The van der Waals surface area contributed by atoms with E-state index in [9.17, 15) is 9.59 Å². The molecule has 0 saturated carbocycles. The number of urea groups is 1. The molecule has 0 saturated heterocycles. The molecule has 9 heteroatoms. The second-order valence-electron chi connectivity index (χ2n) is 5.80. The maximum absolute atomic E-state index is 12.3. The van der Waals surface area contributed by atoms with E-state index < -0.39 is 0 Å². The molecule has 0 atom stereocenters. The largest absolute Gasteiger partial charge is 0.325 e. The Bertz CT molecular complexity index is 1090. The van der Waals surface area contributed by atoms with Gasteiger partial charge in [0, 0.05) is 11.1 Å². The average molecular weight is 409 g/mol. The molecule has 0 bridgehead atoms. The van der Waals surface area contributed by atoms with Crippen molar-refractivity contribution in [1.82, 2.24) is 9.97 Å². The fourth-order valence-corrected chi connectivity index (χ4v) is 4.07. The van der Waals surface area contributed by atoms with Crippen LogP contribution in [0.15, 0.2) is 60.0 Å². The molecule has 0 spiro atoms. The highest BCUT2D eigenvalue weighted by atomic mass is 32.1. The predicted molar refractivity (Wildman–Crippen MR) is 113 cm³/mol. The molecule has 0 aliphatic heterocycles. The number of benzene rings is 2. The van der Waals surface area contributed by atoms with E-state index in [-0.39, 0.29) is 18.4 Å². The minimum absolute atomic E-state index is 0.106. The number of nitrogens with zero attached hydrogens (tertiary/aromatic N) is 2. The van der Waals surface area contributed by atoms with Crippen LogP contribution in [0.3, 0.4) is 0 Å². The van der Waals surface area contributed by atoms with E-state index >= 15 is 0 Å². The van der Waals surface area contributed by atoms with Crippen LogP contribution in [0.5, 0.6) is 0 Å². The monoisotopic (exact) mass is 409 g/mol. The summed E-state index contributed by atoms with van der Waals surface area (Å²) in [6, 6.07) is 16.4. The molecule has 2 heterocycles. The third-order valence-electron chi connectivity index (χ3n) is 3.69. The highest BCUT2D eigenvalue weighted by Crippen LogP contribution is 2.25. The number of aromatic nitrogens is 2. The molecule has 4 rings (SSSR count). The molecule has 0 aliphatic carbocycles. The van der Waals surface area contributed by atoms with Crippen LogP contribution in [0.4, 0.5) is 20.7 Å². The van der Waals surface area contributed by atoms with Gasteiger partial charge >= 0.3 is 6.03 Å². The fourth-order valence-electron chi connectivity index (χ4n) is 2.48. The van der Waals surface area contributed by atoms with Gasteiger partial charge in [0.2, 0.25) is 5.91 Å². The van der Waals surface area contributed by atoms with Crippen LogP contribution < -0.4 is 16.0 Å². The van der Waals surface area contributed by atoms with Gasteiger partial charge in [0.05, 0.1) is 22.3 Å². The zero-order valence-corrected chi connectivity index (χ0v) is 16.1. The van der Waals surface area contributed by atoms with Crippen molar-refractivity contribution in [3.63, 3.8) is 0 Å². The number of hydrogen-bond acceptors (Lipinski definition) is 6. The molecule has 3 N–H and O–H groups in total. The third-order valence-corrected chi connectivity index (χ3v) is 5.44. The molecule has 0 aliphatic rings. The summed E-state index contributed by atoms with van der Waals surface area (Å²) >= 11 is 2.69. The van der Waals surface area contributed by atoms with Crippen LogP contribution in [0, 0.1) is 0 Å². The van der Waals surface area contributed by atoms with Gasteiger partial charge < -0.3 is 10.6 Å². The summed E-state index contributed by atoms with van der Waals surface area (Å²) < 4.78 is 1.02. The van der Waals surface area contributed by atoms with Crippen molar-refractivity contribution in [3.8, 4) is 0 Å². The lowest BCUT2D eigenvalue weighted by Gasteiger charge is -2.04. The summed E-state index contributed by atoms with van der Waals surface area (Å²) in [6.07, 6.45) is 0.106. The molecule has 0 unspecified atom stereocenters. The number of para-hydroxylation sites is 2. The van der Waals surface area contributed by atoms with Gasteiger partial charge in [-0.05, 0) is 24.3 Å². The molecule has 2 aromatic carbocycles. The maximum Gasteiger partial charge on any atom is 0.325 e. The highest BCUT2D eigenvalue weighted by Gasteiger charge is 2.12. The molecule has 2 aromatic heterocycles. The lowest BCUT2D eigenvalue weighted by molar-refractivity contribution is -0.115. The minimum Gasteiger partial charge on any atom is -0.308 e. The van der Waals surface area contributed by atoms with Crippen molar-refractivity contribution in [2.75, 3.05) is 16.0 Å². The topological polar surface area (TPSA) is 96.0 Å². The van der Waals surface area contributed by atoms with Crippen molar-refractivity contribution < 1.29 is 9.59 Å². The van der Waals surface area contributed by atoms with Crippen molar-refractivity contribution in [1.29, 1.82) is 0 Å². The number of nitrogens with one attached hydrogen (secondary N) is 3. The Kier molecular flexibility index (Phi) is 5.27. The average Bonchev–Trinajstić information content (AvgIpc) is 3.28. The number of fused-ring (bicyclic) bond motifs is 1. The Hall–Kier alpha value is -3.30. The molecular formula is C19H15N5O2S2. The first-order valence-electron chi connectivity index (χ1n) is 8.38. The van der Waals surface area contributed by atoms with Gasteiger partial charge in [-0.3, -0.25) is 10.1 Å². The van der Waals surface area contributed by atoms with Crippen LogP contribution >= 0.6 is 22.7 Å². The third kappa shape index (κ3) is 4.51. The molecule has 0 fully saturated rings. The highest BCUT2D eigenvalue weighted by molar-refractivity contribution is 7.22. The quantitative estimate of drug-likeness (QED) is 0.450. The standard InChI is InChI=1S/C19H15N5O2S2/c25-16(23-19-22-14-8-4-5-9-15(14)28-19)10-13-11-27-18(21-13)24-17(26)20-12-6-2-1-3-7-12/h1-9,11H,10H2,(H,22,23,25)(H2,20,21,24,26). The second kappa shape index (κ2) is 8.15. The van der Waals surface area contributed by atoms with Gasteiger partial charge in [-0.2, -0.15) is 0 Å². The number of thiazole rings is 2. The number of carbonyl (C=O) groups excluding carboxylic acids is 2. The smallest absolute Gasteiger partial charge is 0.308 e. The van der Waals surface area contributed by atoms with Crippen molar-refractivity contribution >= 4 is 60.8 Å². The van der Waals surface area contributed by atoms with E-state index in [0.29, 0.717) is 21.6 Å². The van der Waals surface area contributed by atoms with Gasteiger partial charge in [0.25, 0.3) is 0 Å². The lowest BCUT2D eigenvalue weighted by Crippen LogP contribution is -2.19. The van der Waals surface area contributed by atoms with Gasteiger partial charge in [0.15, 0.2) is 10.3 Å². The Morgan fingerprint density at radius 2 is 1.64 bits per heavy atom. The van der Waals surface area contributed by atoms with Crippen molar-refractivity contribution in [2.45, 2.75) is 6.42 Å². The summed E-state index contributed by atoms with van der Waals surface area (Å²) in [7, 11) is 0. The molecule has 0 radical (unpaired) electrons. The van der Waals surface area contributed by atoms with E-state index in [1.165, 1.54) is 22.7 Å². The van der Waals surface area contributed by atoms with E-state index in [2.05, 4.69) is 25.9 Å². The van der Waals surface area contributed by atoms with Gasteiger partial charge in [-0.1, -0.05) is 41.7 Å². The van der Waals surface area contributed by atoms with Crippen LogP contribution in [-0.2, 0) is 11.2 Å². The van der Waals surface area contributed by atoms with E-state index in [4.69, 9.17) is 0 Å². The first kappa shape index (κ1) is 18.1. The minimum atomic E-state index is -0.383. The van der Waals surface area contributed by atoms with Crippen molar-refractivity contribution in [3.05, 3.63) is 65.7 Å². The van der Waals surface area contributed by atoms with Crippen LogP contribution in [0.1, 0.15) is 5.69 Å². The van der Waals surface area contributed by atoms with Gasteiger partial charge in [-0.15, -0.1) is 11.3 Å². The summed E-state index contributed by atoms with van der Waals surface area (Å²) in [5, 5.41) is 10.9. The Balaban J connectivity index is 1.32. The van der Waals surface area contributed by atoms with E-state index in [1.807, 2.05) is 42.5 Å². The van der Waals surface area contributed by atoms with Crippen molar-refractivity contribution in [2.24, 2.45) is 0 Å². The second-order valence-corrected chi connectivity index (χ2v) is 7.69. The van der Waals surface area contributed by atoms with E-state index in [0.717, 1.165) is 10.2 Å². The molecule has 4 aromatic rings. The number of anilines is 3. The Morgan fingerprint density at radius 1 is 0.857 bits per heavy atom. The van der Waals surface area contributed by atoms with Gasteiger partial charge in [-0.25, -0.2) is 14.8 Å². The number of hydrogen-bond donors (Lipinski definition) is 3. The predicted octanol–water partition coefficient (Wildman–Crippen LogP) is 4.58. The molecule has 3 amide bonds. The Morgan fingerprint density at radius 3 is 2.46 bits per heavy atom. The van der Waals surface area contributed by atoms with Crippen LogP contribution in [-0.4, -0.2) is 21.9 Å². The lowest BCUT2D eigenvalue weighted by atomic mass is 10.3. The molecular weight excluding hydrogens is 394 g/mol. The molecule has 140 valence electrons. The summed E-state index contributed by atoms with van der Waals surface area (Å²) in [6.45, 7) is 0. The van der Waals surface area contributed by atoms with Crippen LogP contribution in [0.2, 0.25) is 0 Å². The fraction of sp³-hybridized carbons (Fsp3) is 0.0526. The number of amides is 3. The summed E-state index contributed by atoms with van der Waals surface area (Å²) in [5.41, 5.74) is 2.12. The zero-order valence-electron chi connectivity index (χ0n) is 14.5. The normalized spacial score (nSPS) is 10.6. The maximum atomic E-state index is 12.3. The van der Waals surface area contributed by atoms with E-state index in [1.54, 1.807) is 17.5 Å². The Labute approximate surface area is 168 Å². The first-order valence-corrected chi connectivity index (χ1v) is 10.1. The zero-order chi connectivity index (χ0) is 19.3. The molecule has 7 nitrogen and oxygen atoms in total. The summed E-state index contributed by atoms with van der Waals surface area (Å²) in [4.78, 5) is 32.9. The SMILES string of the molecule is O=C(Cc1csc(NC(=O)Nc2ccccc2)n1)Nc1nc2ccccc2s1. The van der Waals surface area contributed by atoms with Gasteiger partial charge in [0.1, 0.15) is 0 Å². The first-order chi connectivity index (χ1) is 13.7. The number of rotatable bonds is 5. The summed E-state index contributed by atoms with van der Waals surface area (Å²) in [5.74, 6) is -0.204. The molecule has 28 heavy (non-hydrogen) atoms. The number of carbonyl (C=O) groups is 2. The van der Waals surface area contributed by atoms with Crippen LogP contribution in [0.25, 0.3) is 10.2 Å².